The number of hydrogen-bond donors (Lipinski definition) is 1. The standard InChI is InChI=1S/C17H19NO/c1-4-17(19)14-9-5-6-10-16(14)18-15-11-7-8-12(2)13(15)3/h5-11,18H,4H2,1-3H3. The fourth-order valence-corrected chi connectivity index (χ4v) is 2.06. The normalized spacial score (nSPS) is 10.3. The van der Waals surface area contributed by atoms with E-state index >= 15 is 0 Å². The molecule has 0 unspecified atom stereocenters. The van der Waals surface area contributed by atoms with Crippen LogP contribution in [0.5, 0.6) is 0 Å². The van der Waals surface area contributed by atoms with Gasteiger partial charge in [-0.05, 0) is 43.2 Å². The summed E-state index contributed by atoms with van der Waals surface area (Å²) in [5, 5.41) is 3.38. The van der Waals surface area contributed by atoms with E-state index in [0.717, 1.165) is 16.9 Å². The van der Waals surface area contributed by atoms with E-state index in [4.69, 9.17) is 0 Å². The molecule has 19 heavy (non-hydrogen) atoms. The van der Waals surface area contributed by atoms with Gasteiger partial charge >= 0.3 is 0 Å². The first kappa shape index (κ1) is 13.3. The quantitative estimate of drug-likeness (QED) is 0.804. The average Bonchev–Trinajstić information content (AvgIpc) is 2.43. The van der Waals surface area contributed by atoms with E-state index in [9.17, 15) is 4.79 Å². The largest absolute Gasteiger partial charge is 0.355 e. The van der Waals surface area contributed by atoms with Gasteiger partial charge in [0, 0.05) is 23.4 Å². The number of Topliss-reactive ketones (excluding diaryl/α,β-unsaturated/α-hetero) is 1. The SMILES string of the molecule is CCC(=O)c1ccccc1Nc1cccc(C)c1C. The van der Waals surface area contributed by atoms with Crippen LogP contribution in [0.15, 0.2) is 42.5 Å². The predicted molar refractivity (Wildman–Crippen MR) is 80.3 cm³/mol. The lowest BCUT2D eigenvalue weighted by atomic mass is 10.0. The molecular formula is C17H19NO. The summed E-state index contributed by atoms with van der Waals surface area (Å²) in [6, 6.07) is 13.8. The number of nitrogens with one attached hydrogen (secondary N) is 1. The van der Waals surface area contributed by atoms with Crippen LogP contribution in [0.1, 0.15) is 34.8 Å². The minimum atomic E-state index is 0.161. The molecule has 2 heteroatoms. The number of aryl methyl sites for hydroxylation is 1. The highest BCUT2D eigenvalue weighted by Crippen LogP contribution is 2.25. The van der Waals surface area contributed by atoms with Crippen molar-refractivity contribution in [2.24, 2.45) is 0 Å². The van der Waals surface area contributed by atoms with Gasteiger partial charge in [0.15, 0.2) is 5.78 Å². The van der Waals surface area contributed by atoms with Crippen molar-refractivity contribution in [3.63, 3.8) is 0 Å². The lowest BCUT2D eigenvalue weighted by Gasteiger charge is -2.14. The van der Waals surface area contributed by atoms with Crippen molar-refractivity contribution < 1.29 is 4.79 Å². The van der Waals surface area contributed by atoms with Gasteiger partial charge in [-0.25, -0.2) is 0 Å². The lowest BCUT2D eigenvalue weighted by Crippen LogP contribution is -2.03. The molecule has 2 aromatic rings. The average molecular weight is 253 g/mol. The third-order valence-electron chi connectivity index (χ3n) is 3.42. The Morgan fingerprint density at radius 1 is 1.00 bits per heavy atom. The molecule has 0 radical (unpaired) electrons. The molecule has 0 spiro atoms. The van der Waals surface area contributed by atoms with Gasteiger partial charge in [0.25, 0.3) is 0 Å². The number of rotatable bonds is 4. The van der Waals surface area contributed by atoms with Crippen LogP contribution >= 0.6 is 0 Å². The van der Waals surface area contributed by atoms with E-state index in [-0.39, 0.29) is 5.78 Å². The molecule has 0 aromatic heterocycles. The van der Waals surface area contributed by atoms with E-state index in [0.29, 0.717) is 6.42 Å². The van der Waals surface area contributed by atoms with Crippen molar-refractivity contribution in [1.29, 1.82) is 0 Å². The molecule has 0 atom stereocenters. The summed E-state index contributed by atoms with van der Waals surface area (Å²) in [6.45, 7) is 6.06. The predicted octanol–water partition coefficient (Wildman–Crippen LogP) is 4.64. The zero-order chi connectivity index (χ0) is 13.8. The van der Waals surface area contributed by atoms with Crippen LogP contribution in [0.25, 0.3) is 0 Å². The van der Waals surface area contributed by atoms with Crippen molar-refractivity contribution in [3.05, 3.63) is 59.2 Å². The molecule has 2 nitrogen and oxygen atoms in total. The Bertz CT molecular complexity index is 602. The number of ketones is 1. The molecule has 0 fully saturated rings. The molecule has 98 valence electrons. The Morgan fingerprint density at radius 3 is 2.42 bits per heavy atom. The summed E-state index contributed by atoms with van der Waals surface area (Å²) in [4.78, 5) is 11.9. The molecule has 0 heterocycles. The van der Waals surface area contributed by atoms with Crippen LogP contribution < -0.4 is 5.32 Å². The second kappa shape index (κ2) is 5.70. The maximum atomic E-state index is 11.9. The van der Waals surface area contributed by atoms with Gasteiger partial charge < -0.3 is 5.32 Å². The molecule has 0 bridgehead atoms. The van der Waals surface area contributed by atoms with Crippen molar-refractivity contribution >= 4 is 17.2 Å². The smallest absolute Gasteiger partial charge is 0.164 e. The summed E-state index contributed by atoms with van der Waals surface area (Å²) < 4.78 is 0. The minimum Gasteiger partial charge on any atom is -0.355 e. The van der Waals surface area contributed by atoms with Crippen LogP contribution in [-0.4, -0.2) is 5.78 Å². The Labute approximate surface area is 114 Å². The maximum Gasteiger partial charge on any atom is 0.164 e. The molecule has 2 rings (SSSR count). The number of benzene rings is 2. The van der Waals surface area contributed by atoms with Crippen LogP contribution in [-0.2, 0) is 0 Å². The minimum absolute atomic E-state index is 0.161. The van der Waals surface area contributed by atoms with Crippen LogP contribution in [0.3, 0.4) is 0 Å². The molecule has 0 aliphatic carbocycles. The molecule has 0 amide bonds. The third kappa shape index (κ3) is 2.84. The molecule has 1 N–H and O–H groups in total. The Hall–Kier alpha value is -2.09. The summed E-state index contributed by atoms with van der Waals surface area (Å²) in [5.74, 6) is 0.161. The van der Waals surface area contributed by atoms with E-state index in [1.807, 2.05) is 43.3 Å². The van der Waals surface area contributed by atoms with E-state index in [2.05, 4.69) is 25.2 Å². The Morgan fingerprint density at radius 2 is 1.68 bits per heavy atom. The summed E-state index contributed by atoms with van der Waals surface area (Å²) >= 11 is 0. The number of carbonyl (C=O) groups is 1. The number of anilines is 2. The summed E-state index contributed by atoms with van der Waals surface area (Å²) in [7, 11) is 0. The van der Waals surface area contributed by atoms with Gasteiger partial charge in [0.2, 0.25) is 0 Å². The molecule has 0 aliphatic heterocycles. The van der Waals surface area contributed by atoms with Gasteiger partial charge in [-0.15, -0.1) is 0 Å². The molecule has 0 aliphatic rings. The van der Waals surface area contributed by atoms with Gasteiger partial charge in [-0.3, -0.25) is 4.79 Å². The molecule has 0 saturated carbocycles. The maximum absolute atomic E-state index is 11.9. The fraction of sp³-hybridized carbons (Fsp3) is 0.235. The van der Waals surface area contributed by atoms with Crippen LogP contribution in [0.2, 0.25) is 0 Å². The molecular weight excluding hydrogens is 234 g/mol. The summed E-state index contributed by atoms with van der Waals surface area (Å²) in [5.41, 5.74) is 5.14. The van der Waals surface area contributed by atoms with Crippen LogP contribution in [0.4, 0.5) is 11.4 Å². The van der Waals surface area contributed by atoms with E-state index in [1.54, 1.807) is 0 Å². The highest BCUT2D eigenvalue weighted by molar-refractivity contribution is 6.01. The van der Waals surface area contributed by atoms with Gasteiger partial charge in [-0.1, -0.05) is 31.2 Å². The molecule has 0 saturated heterocycles. The topological polar surface area (TPSA) is 29.1 Å². The lowest BCUT2D eigenvalue weighted by molar-refractivity contribution is 0.0989. The second-order valence-corrected chi connectivity index (χ2v) is 4.69. The highest BCUT2D eigenvalue weighted by Gasteiger charge is 2.10. The first-order valence-corrected chi connectivity index (χ1v) is 6.59. The van der Waals surface area contributed by atoms with E-state index in [1.165, 1.54) is 11.1 Å². The van der Waals surface area contributed by atoms with E-state index < -0.39 is 0 Å². The van der Waals surface area contributed by atoms with Gasteiger partial charge in [0.05, 0.1) is 0 Å². The Balaban J connectivity index is 2.39. The zero-order valence-corrected chi connectivity index (χ0v) is 11.7. The monoisotopic (exact) mass is 253 g/mol. The number of carbonyl (C=O) groups excluding carboxylic acids is 1. The van der Waals surface area contributed by atoms with Crippen molar-refractivity contribution in [2.45, 2.75) is 27.2 Å². The third-order valence-corrected chi connectivity index (χ3v) is 3.42. The fourth-order valence-electron chi connectivity index (χ4n) is 2.06. The Kier molecular flexibility index (Phi) is 4.00. The van der Waals surface area contributed by atoms with Gasteiger partial charge in [-0.2, -0.15) is 0 Å². The first-order valence-electron chi connectivity index (χ1n) is 6.59. The first-order chi connectivity index (χ1) is 9.13. The summed E-state index contributed by atoms with van der Waals surface area (Å²) in [6.07, 6.45) is 0.519. The van der Waals surface area contributed by atoms with Crippen molar-refractivity contribution in [2.75, 3.05) is 5.32 Å². The zero-order valence-electron chi connectivity index (χ0n) is 11.7. The second-order valence-electron chi connectivity index (χ2n) is 4.69. The van der Waals surface area contributed by atoms with Crippen molar-refractivity contribution in [1.82, 2.24) is 0 Å². The van der Waals surface area contributed by atoms with Crippen molar-refractivity contribution in [3.8, 4) is 0 Å². The molecule has 2 aromatic carbocycles. The van der Waals surface area contributed by atoms with Crippen LogP contribution in [0, 0.1) is 13.8 Å². The number of hydrogen-bond acceptors (Lipinski definition) is 2. The van der Waals surface area contributed by atoms with Gasteiger partial charge in [0.1, 0.15) is 0 Å². The number of para-hydroxylation sites is 1. The highest BCUT2D eigenvalue weighted by atomic mass is 16.1.